The predicted octanol–water partition coefficient (Wildman–Crippen LogP) is 3.50. The lowest BCUT2D eigenvalue weighted by molar-refractivity contribution is -0.122. The smallest absolute Gasteiger partial charge is 0.236 e. The Bertz CT molecular complexity index is 719. The number of benzene rings is 2. The summed E-state index contributed by atoms with van der Waals surface area (Å²) in [4.78, 5) is 12.1. The largest absolute Gasteiger partial charge is 0.354 e. The molecule has 2 aromatic rings. The Kier molecular flexibility index (Phi) is 6.58. The summed E-state index contributed by atoms with van der Waals surface area (Å²) in [5.74, 6) is -1.81. The van der Waals surface area contributed by atoms with Gasteiger partial charge in [0.05, 0.1) is 6.04 Å². The van der Waals surface area contributed by atoms with Crippen molar-refractivity contribution in [1.82, 2.24) is 10.6 Å². The predicted molar refractivity (Wildman–Crippen MR) is 90.5 cm³/mol. The van der Waals surface area contributed by atoms with Gasteiger partial charge in [-0.15, -0.1) is 0 Å². The molecule has 2 unspecified atom stereocenters. The highest BCUT2D eigenvalue weighted by atomic mass is 19.1. The van der Waals surface area contributed by atoms with Crippen LogP contribution >= 0.6 is 0 Å². The standard InChI is InChI=1S/C19H21F3N2O/c1-12(17-8-7-16(21)11-18(17)22)24-13(2)19(25)23-10-9-14-3-5-15(20)6-4-14/h3-8,11-13,24H,9-10H2,1-2H3,(H,23,25). The maximum atomic E-state index is 13.8. The van der Waals surface area contributed by atoms with Gasteiger partial charge in [0.15, 0.2) is 0 Å². The van der Waals surface area contributed by atoms with Crippen LogP contribution in [0.15, 0.2) is 42.5 Å². The zero-order valence-electron chi connectivity index (χ0n) is 14.2. The molecule has 0 aromatic heterocycles. The molecular formula is C19H21F3N2O. The molecule has 2 aromatic carbocycles. The minimum Gasteiger partial charge on any atom is -0.354 e. The molecule has 0 fully saturated rings. The Morgan fingerprint density at radius 2 is 1.64 bits per heavy atom. The van der Waals surface area contributed by atoms with E-state index in [2.05, 4.69) is 10.6 Å². The minimum absolute atomic E-state index is 0.225. The SMILES string of the molecule is CC(NC(C)c1ccc(F)cc1F)C(=O)NCCc1ccc(F)cc1. The molecule has 3 nitrogen and oxygen atoms in total. The fourth-order valence-electron chi connectivity index (χ4n) is 2.53. The van der Waals surface area contributed by atoms with E-state index < -0.39 is 23.7 Å². The van der Waals surface area contributed by atoms with Crippen LogP contribution < -0.4 is 10.6 Å². The van der Waals surface area contributed by atoms with Crippen LogP contribution in [0, 0.1) is 17.5 Å². The van der Waals surface area contributed by atoms with Crippen LogP contribution in [0.2, 0.25) is 0 Å². The second-order valence-corrected chi connectivity index (χ2v) is 5.94. The summed E-state index contributed by atoms with van der Waals surface area (Å²) in [5.41, 5.74) is 1.22. The van der Waals surface area contributed by atoms with Crippen molar-refractivity contribution >= 4 is 5.91 Å². The summed E-state index contributed by atoms with van der Waals surface area (Å²) in [6.45, 7) is 3.79. The fraction of sp³-hybridized carbons (Fsp3) is 0.316. The molecule has 0 aliphatic carbocycles. The summed E-state index contributed by atoms with van der Waals surface area (Å²) in [7, 11) is 0. The van der Waals surface area contributed by atoms with E-state index >= 15 is 0 Å². The normalized spacial score (nSPS) is 13.3. The number of hydrogen-bond donors (Lipinski definition) is 2. The van der Waals surface area contributed by atoms with Crippen LogP contribution in [0.25, 0.3) is 0 Å². The third-order valence-corrected chi connectivity index (χ3v) is 3.95. The zero-order chi connectivity index (χ0) is 18.4. The maximum absolute atomic E-state index is 13.8. The van der Waals surface area contributed by atoms with Crippen molar-refractivity contribution < 1.29 is 18.0 Å². The summed E-state index contributed by atoms with van der Waals surface area (Å²) < 4.78 is 39.6. The van der Waals surface area contributed by atoms with Gasteiger partial charge in [-0.3, -0.25) is 10.1 Å². The lowest BCUT2D eigenvalue weighted by Gasteiger charge is -2.20. The topological polar surface area (TPSA) is 41.1 Å². The van der Waals surface area contributed by atoms with E-state index in [9.17, 15) is 18.0 Å². The molecule has 2 N–H and O–H groups in total. The van der Waals surface area contributed by atoms with Crippen LogP contribution in [-0.4, -0.2) is 18.5 Å². The Hall–Kier alpha value is -2.34. The molecular weight excluding hydrogens is 329 g/mol. The van der Waals surface area contributed by atoms with Gasteiger partial charge in [0.25, 0.3) is 0 Å². The van der Waals surface area contributed by atoms with E-state index in [-0.39, 0.29) is 11.7 Å². The van der Waals surface area contributed by atoms with Gasteiger partial charge in [-0.25, -0.2) is 13.2 Å². The lowest BCUT2D eigenvalue weighted by Crippen LogP contribution is -2.43. The average Bonchev–Trinajstić information content (AvgIpc) is 2.56. The van der Waals surface area contributed by atoms with E-state index in [1.165, 1.54) is 24.3 Å². The summed E-state index contributed by atoms with van der Waals surface area (Å²) >= 11 is 0. The minimum atomic E-state index is -0.649. The summed E-state index contributed by atoms with van der Waals surface area (Å²) in [5, 5.41) is 5.77. The van der Waals surface area contributed by atoms with Crippen molar-refractivity contribution in [2.45, 2.75) is 32.4 Å². The van der Waals surface area contributed by atoms with Gasteiger partial charge >= 0.3 is 0 Å². The van der Waals surface area contributed by atoms with Crippen molar-refractivity contribution in [1.29, 1.82) is 0 Å². The quantitative estimate of drug-likeness (QED) is 0.802. The van der Waals surface area contributed by atoms with Crippen molar-refractivity contribution in [3.8, 4) is 0 Å². The van der Waals surface area contributed by atoms with Gasteiger partial charge in [0.2, 0.25) is 5.91 Å². The van der Waals surface area contributed by atoms with Crippen LogP contribution in [0.5, 0.6) is 0 Å². The first-order valence-electron chi connectivity index (χ1n) is 8.10. The van der Waals surface area contributed by atoms with E-state index in [1.807, 2.05) is 0 Å². The third kappa shape index (κ3) is 5.60. The highest BCUT2D eigenvalue weighted by Crippen LogP contribution is 2.18. The molecule has 0 radical (unpaired) electrons. The number of halogens is 3. The van der Waals surface area contributed by atoms with E-state index in [4.69, 9.17) is 0 Å². The van der Waals surface area contributed by atoms with Gasteiger partial charge in [0, 0.05) is 24.2 Å². The molecule has 134 valence electrons. The van der Waals surface area contributed by atoms with Gasteiger partial charge in [-0.2, -0.15) is 0 Å². The molecule has 2 atom stereocenters. The molecule has 0 saturated carbocycles. The molecule has 0 bridgehead atoms. The Morgan fingerprint density at radius 3 is 2.28 bits per heavy atom. The summed E-state index contributed by atoms with van der Waals surface area (Å²) in [6.07, 6.45) is 0.584. The fourth-order valence-corrected chi connectivity index (χ4v) is 2.53. The maximum Gasteiger partial charge on any atom is 0.236 e. The van der Waals surface area contributed by atoms with Crippen LogP contribution in [0.4, 0.5) is 13.2 Å². The molecule has 1 amide bonds. The van der Waals surface area contributed by atoms with E-state index in [0.29, 0.717) is 18.5 Å². The first kappa shape index (κ1) is 19.0. The zero-order valence-corrected chi connectivity index (χ0v) is 14.2. The Balaban J connectivity index is 1.82. The first-order valence-corrected chi connectivity index (χ1v) is 8.10. The number of amides is 1. The molecule has 6 heteroatoms. The molecule has 25 heavy (non-hydrogen) atoms. The van der Waals surface area contributed by atoms with Gasteiger partial charge in [-0.05, 0) is 44.0 Å². The highest BCUT2D eigenvalue weighted by molar-refractivity contribution is 5.81. The molecule has 0 heterocycles. The first-order chi connectivity index (χ1) is 11.9. The lowest BCUT2D eigenvalue weighted by atomic mass is 10.1. The average molecular weight is 350 g/mol. The van der Waals surface area contributed by atoms with Gasteiger partial charge < -0.3 is 5.32 Å². The van der Waals surface area contributed by atoms with Crippen molar-refractivity contribution in [2.24, 2.45) is 0 Å². The van der Waals surface area contributed by atoms with Crippen LogP contribution in [-0.2, 0) is 11.2 Å². The molecule has 0 saturated heterocycles. The number of nitrogens with one attached hydrogen (secondary N) is 2. The third-order valence-electron chi connectivity index (χ3n) is 3.95. The second kappa shape index (κ2) is 8.67. The molecule has 0 spiro atoms. The Labute approximate surface area is 145 Å². The number of hydrogen-bond acceptors (Lipinski definition) is 2. The monoisotopic (exact) mass is 350 g/mol. The van der Waals surface area contributed by atoms with Crippen LogP contribution in [0.3, 0.4) is 0 Å². The van der Waals surface area contributed by atoms with Gasteiger partial charge in [0.1, 0.15) is 17.5 Å². The van der Waals surface area contributed by atoms with E-state index in [0.717, 1.165) is 11.6 Å². The number of carbonyl (C=O) groups is 1. The molecule has 0 aliphatic heterocycles. The Morgan fingerprint density at radius 1 is 1.00 bits per heavy atom. The highest BCUT2D eigenvalue weighted by Gasteiger charge is 2.18. The van der Waals surface area contributed by atoms with E-state index in [1.54, 1.807) is 26.0 Å². The molecule has 2 rings (SSSR count). The van der Waals surface area contributed by atoms with Crippen molar-refractivity contribution in [3.63, 3.8) is 0 Å². The summed E-state index contributed by atoms with van der Waals surface area (Å²) in [6, 6.07) is 8.46. The van der Waals surface area contributed by atoms with Crippen molar-refractivity contribution in [2.75, 3.05) is 6.54 Å². The number of rotatable bonds is 7. The van der Waals surface area contributed by atoms with Crippen molar-refractivity contribution in [3.05, 3.63) is 71.0 Å². The second-order valence-electron chi connectivity index (χ2n) is 5.94. The molecule has 0 aliphatic rings. The van der Waals surface area contributed by atoms with Gasteiger partial charge in [-0.1, -0.05) is 18.2 Å². The number of carbonyl (C=O) groups excluding carboxylic acids is 1. The van der Waals surface area contributed by atoms with Crippen LogP contribution in [0.1, 0.15) is 31.0 Å².